The summed E-state index contributed by atoms with van der Waals surface area (Å²) in [6.07, 6.45) is 5.99. The SMILES string of the molecule is CN(c1nccc(N2CCOCC2)n1)C1CCCN(c2ccc(Br)cn2)C1. The van der Waals surface area contributed by atoms with Gasteiger partial charge in [-0.1, -0.05) is 0 Å². The molecular formula is C19H25BrN6O. The van der Waals surface area contributed by atoms with E-state index in [9.17, 15) is 0 Å². The topological polar surface area (TPSA) is 57.6 Å². The van der Waals surface area contributed by atoms with Gasteiger partial charge in [0.25, 0.3) is 0 Å². The fourth-order valence-corrected chi connectivity index (χ4v) is 3.91. The molecule has 0 saturated carbocycles. The van der Waals surface area contributed by atoms with Crippen molar-refractivity contribution in [3.8, 4) is 0 Å². The molecule has 0 radical (unpaired) electrons. The summed E-state index contributed by atoms with van der Waals surface area (Å²) in [4.78, 5) is 20.7. The van der Waals surface area contributed by atoms with Crippen molar-refractivity contribution < 1.29 is 4.74 Å². The standard InChI is InChI=1S/C19H25BrN6O/c1-24(19-21-7-6-18(23-19)25-9-11-27-12-10-25)16-3-2-8-26(14-16)17-5-4-15(20)13-22-17/h4-7,13,16H,2-3,8-12,14H2,1H3. The second kappa shape index (κ2) is 8.39. The zero-order valence-electron chi connectivity index (χ0n) is 15.6. The first kappa shape index (κ1) is 18.4. The van der Waals surface area contributed by atoms with Crippen LogP contribution in [-0.2, 0) is 4.74 Å². The summed E-state index contributed by atoms with van der Waals surface area (Å²) < 4.78 is 6.45. The third kappa shape index (κ3) is 4.32. The van der Waals surface area contributed by atoms with Gasteiger partial charge in [-0.15, -0.1) is 0 Å². The lowest BCUT2D eigenvalue weighted by molar-refractivity contribution is 0.122. The van der Waals surface area contributed by atoms with Gasteiger partial charge < -0.3 is 19.4 Å². The Hall–Kier alpha value is -1.93. The average Bonchev–Trinajstić information content (AvgIpc) is 2.74. The summed E-state index contributed by atoms with van der Waals surface area (Å²) in [6, 6.07) is 6.47. The molecule has 1 unspecified atom stereocenters. The molecule has 2 aliphatic heterocycles. The molecular weight excluding hydrogens is 408 g/mol. The van der Waals surface area contributed by atoms with Crippen LogP contribution >= 0.6 is 15.9 Å². The molecule has 2 saturated heterocycles. The zero-order valence-corrected chi connectivity index (χ0v) is 17.2. The van der Waals surface area contributed by atoms with Crippen molar-refractivity contribution in [2.24, 2.45) is 0 Å². The van der Waals surface area contributed by atoms with E-state index in [1.807, 2.05) is 24.5 Å². The molecule has 2 fully saturated rings. The second-order valence-corrected chi connectivity index (χ2v) is 7.92. The average molecular weight is 433 g/mol. The van der Waals surface area contributed by atoms with Gasteiger partial charge in [0, 0.05) is 56.1 Å². The number of hydrogen-bond donors (Lipinski definition) is 0. The third-order valence-electron chi connectivity index (χ3n) is 5.26. The summed E-state index contributed by atoms with van der Waals surface area (Å²) in [6.45, 7) is 5.24. The van der Waals surface area contributed by atoms with Gasteiger partial charge >= 0.3 is 0 Å². The molecule has 0 N–H and O–H groups in total. The quantitative estimate of drug-likeness (QED) is 0.735. The fraction of sp³-hybridized carbons (Fsp3) is 0.526. The first-order valence-electron chi connectivity index (χ1n) is 9.46. The van der Waals surface area contributed by atoms with Crippen LogP contribution in [0.3, 0.4) is 0 Å². The number of aromatic nitrogens is 3. The van der Waals surface area contributed by atoms with Gasteiger partial charge in [0.1, 0.15) is 11.6 Å². The van der Waals surface area contributed by atoms with E-state index in [2.05, 4.69) is 53.7 Å². The Labute approximate surface area is 168 Å². The lowest BCUT2D eigenvalue weighted by atomic mass is 10.0. The van der Waals surface area contributed by atoms with Crippen molar-refractivity contribution in [1.29, 1.82) is 0 Å². The summed E-state index contributed by atoms with van der Waals surface area (Å²) in [5, 5.41) is 0. The smallest absolute Gasteiger partial charge is 0.227 e. The Morgan fingerprint density at radius 2 is 1.93 bits per heavy atom. The van der Waals surface area contributed by atoms with E-state index in [4.69, 9.17) is 9.72 Å². The van der Waals surface area contributed by atoms with E-state index in [0.717, 1.165) is 74.3 Å². The minimum absolute atomic E-state index is 0.365. The number of nitrogens with zero attached hydrogens (tertiary/aromatic N) is 6. The van der Waals surface area contributed by atoms with E-state index in [1.54, 1.807) is 0 Å². The number of anilines is 3. The lowest BCUT2D eigenvalue weighted by Crippen LogP contribution is -2.47. The van der Waals surface area contributed by atoms with Crippen molar-refractivity contribution >= 4 is 33.5 Å². The Morgan fingerprint density at radius 1 is 1.07 bits per heavy atom. The van der Waals surface area contributed by atoms with Gasteiger partial charge in [0.05, 0.1) is 13.2 Å². The summed E-state index contributed by atoms with van der Waals surface area (Å²) in [5.41, 5.74) is 0. The highest BCUT2D eigenvalue weighted by Crippen LogP contribution is 2.24. The molecule has 2 aromatic heterocycles. The van der Waals surface area contributed by atoms with E-state index in [1.165, 1.54) is 0 Å². The number of halogens is 1. The number of likely N-dealkylation sites (N-methyl/N-ethyl adjacent to an activating group) is 1. The second-order valence-electron chi connectivity index (χ2n) is 7.00. The molecule has 144 valence electrons. The summed E-state index contributed by atoms with van der Waals surface area (Å²) in [7, 11) is 2.10. The van der Waals surface area contributed by atoms with E-state index < -0.39 is 0 Å². The lowest BCUT2D eigenvalue weighted by Gasteiger charge is -2.38. The van der Waals surface area contributed by atoms with Gasteiger partial charge in [-0.25, -0.2) is 9.97 Å². The van der Waals surface area contributed by atoms with E-state index >= 15 is 0 Å². The Kier molecular flexibility index (Phi) is 5.73. The molecule has 0 bridgehead atoms. The zero-order chi connectivity index (χ0) is 18.6. The number of morpholine rings is 1. The molecule has 8 heteroatoms. The van der Waals surface area contributed by atoms with Crippen LogP contribution in [0.15, 0.2) is 35.1 Å². The molecule has 7 nitrogen and oxygen atoms in total. The molecule has 0 aromatic carbocycles. The first-order valence-corrected chi connectivity index (χ1v) is 10.2. The number of rotatable bonds is 4. The third-order valence-corrected chi connectivity index (χ3v) is 5.73. The minimum Gasteiger partial charge on any atom is -0.378 e. The molecule has 2 aliphatic rings. The maximum atomic E-state index is 5.45. The van der Waals surface area contributed by atoms with Crippen LogP contribution < -0.4 is 14.7 Å². The molecule has 0 aliphatic carbocycles. The maximum absolute atomic E-state index is 5.45. The number of piperidine rings is 1. The molecule has 4 heterocycles. The fourth-order valence-electron chi connectivity index (χ4n) is 3.68. The molecule has 0 amide bonds. The van der Waals surface area contributed by atoms with Crippen LogP contribution in [0.1, 0.15) is 12.8 Å². The monoisotopic (exact) mass is 432 g/mol. The van der Waals surface area contributed by atoms with Gasteiger partial charge in [-0.05, 0) is 47.0 Å². The Morgan fingerprint density at radius 3 is 2.70 bits per heavy atom. The van der Waals surface area contributed by atoms with Crippen molar-refractivity contribution in [2.75, 3.05) is 61.1 Å². The van der Waals surface area contributed by atoms with Crippen molar-refractivity contribution in [2.45, 2.75) is 18.9 Å². The number of ether oxygens (including phenoxy) is 1. The van der Waals surface area contributed by atoms with Crippen LogP contribution in [0.5, 0.6) is 0 Å². The van der Waals surface area contributed by atoms with E-state index in [-0.39, 0.29) is 0 Å². The Bertz CT molecular complexity index is 752. The highest BCUT2D eigenvalue weighted by Gasteiger charge is 2.26. The van der Waals surface area contributed by atoms with Crippen molar-refractivity contribution in [3.63, 3.8) is 0 Å². The first-order chi connectivity index (χ1) is 13.2. The predicted molar refractivity (Wildman–Crippen MR) is 111 cm³/mol. The normalized spacial score (nSPS) is 20.6. The molecule has 2 aromatic rings. The van der Waals surface area contributed by atoms with Crippen molar-refractivity contribution in [3.05, 3.63) is 35.1 Å². The molecule has 1 atom stereocenters. The van der Waals surface area contributed by atoms with Crippen LogP contribution in [-0.4, -0.2) is 67.4 Å². The van der Waals surface area contributed by atoms with Crippen LogP contribution in [0.25, 0.3) is 0 Å². The Balaban J connectivity index is 1.47. The number of hydrogen-bond acceptors (Lipinski definition) is 7. The number of pyridine rings is 1. The van der Waals surface area contributed by atoms with E-state index in [0.29, 0.717) is 6.04 Å². The summed E-state index contributed by atoms with van der Waals surface area (Å²) >= 11 is 3.46. The van der Waals surface area contributed by atoms with Crippen LogP contribution in [0, 0.1) is 0 Å². The van der Waals surface area contributed by atoms with Gasteiger partial charge in [-0.3, -0.25) is 0 Å². The molecule has 4 rings (SSSR count). The van der Waals surface area contributed by atoms with Crippen molar-refractivity contribution in [1.82, 2.24) is 15.0 Å². The van der Waals surface area contributed by atoms with Crippen LogP contribution in [0.2, 0.25) is 0 Å². The van der Waals surface area contributed by atoms with Gasteiger partial charge in [0.15, 0.2) is 0 Å². The molecule has 0 spiro atoms. The van der Waals surface area contributed by atoms with Gasteiger partial charge in [0.2, 0.25) is 5.95 Å². The summed E-state index contributed by atoms with van der Waals surface area (Å²) in [5.74, 6) is 2.80. The largest absolute Gasteiger partial charge is 0.378 e. The van der Waals surface area contributed by atoms with Crippen LogP contribution in [0.4, 0.5) is 17.6 Å². The highest BCUT2D eigenvalue weighted by molar-refractivity contribution is 9.10. The highest BCUT2D eigenvalue weighted by atomic mass is 79.9. The predicted octanol–water partition coefficient (Wildman–Crippen LogP) is 2.58. The minimum atomic E-state index is 0.365. The maximum Gasteiger partial charge on any atom is 0.227 e. The van der Waals surface area contributed by atoms with Gasteiger partial charge in [-0.2, -0.15) is 4.98 Å². The molecule has 27 heavy (non-hydrogen) atoms.